The first kappa shape index (κ1) is 20.7. The molecule has 7 nitrogen and oxygen atoms in total. The first-order chi connectivity index (χ1) is 14.2. The summed E-state index contributed by atoms with van der Waals surface area (Å²) < 4.78 is 39.6. The van der Waals surface area contributed by atoms with Crippen LogP contribution in [0, 0.1) is 11.6 Å². The number of benzene rings is 1. The van der Waals surface area contributed by atoms with Gasteiger partial charge in [0.2, 0.25) is 0 Å². The molecule has 4 rings (SSSR count). The molecule has 3 atom stereocenters. The van der Waals surface area contributed by atoms with Crippen molar-refractivity contribution in [1.29, 1.82) is 0 Å². The molecule has 1 fully saturated rings. The van der Waals surface area contributed by atoms with Gasteiger partial charge in [-0.25, -0.2) is 13.6 Å². The smallest absolute Gasteiger partial charge is 0.407 e. The average molecular weight is 420 g/mol. The first-order valence-corrected chi connectivity index (χ1v) is 10.0. The molecular formula is C21H26F2N4O3. The second-order valence-corrected chi connectivity index (χ2v) is 8.84. The van der Waals surface area contributed by atoms with Crippen LogP contribution >= 0.6 is 0 Å². The molecule has 9 heteroatoms. The number of halogens is 2. The highest BCUT2D eigenvalue weighted by molar-refractivity contribution is 5.68. The summed E-state index contributed by atoms with van der Waals surface area (Å²) >= 11 is 0. The summed E-state index contributed by atoms with van der Waals surface area (Å²) in [4.78, 5) is 14.7. The lowest BCUT2D eigenvalue weighted by Gasteiger charge is -2.40. The Morgan fingerprint density at radius 2 is 2.13 bits per heavy atom. The lowest BCUT2D eigenvalue weighted by molar-refractivity contribution is -0.0628. The zero-order valence-corrected chi connectivity index (χ0v) is 17.2. The van der Waals surface area contributed by atoms with Crippen LogP contribution in [0.1, 0.15) is 50.1 Å². The van der Waals surface area contributed by atoms with E-state index >= 15 is 0 Å². The summed E-state index contributed by atoms with van der Waals surface area (Å²) in [6.45, 7) is 7.05. The second-order valence-electron chi connectivity index (χ2n) is 8.84. The van der Waals surface area contributed by atoms with Crippen molar-refractivity contribution >= 4 is 6.09 Å². The molecule has 2 aliphatic heterocycles. The Morgan fingerprint density at radius 1 is 1.33 bits per heavy atom. The molecule has 0 spiro atoms. The van der Waals surface area contributed by atoms with E-state index in [9.17, 15) is 13.6 Å². The molecule has 1 aromatic carbocycles. The van der Waals surface area contributed by atoms with Gasteiger partial charge in [-0.3, -0.25) is 10.00 Å². The van der Waals surface area contributed by atoms with Crippen LogP contribution in [-0.2, 0) is 22.6 Å². The van der Waals surface area contributed by atoms with Gasteiger partial charge in [0, 0.05) is 30.3 Å². The predicted molar refractivity (Wildman–Crippen MR) is 104 cm³/mol. The third kappa shape index (κ3) is 4.46. The topological polar surface area (TPSA) is 79.5 Å². The van der Waals surface area contributed by atoms with Gasteiger partial charge in [0.05, 0.1) is 24.5 Å². The van der Waals surface area contributed by atoms with Crippen LogP contribution in [0.3, 0.4) is 0 Å². The van der Waals surface area contributed by atoms with E-state index in [2.05, 4.69) is 20.4 Å². The zero-order valence-electron chi connectivity index (χ0n) is 17.2. The predicted octanol–water partition coefficient (Wildman–Crippen LogP) is 3.43. The molecule has 0 radical (unpaired) electrons. The minimum atomic E-state index is -0.813. The van der Waals surface area contributed by atoms with Crippen molar-refractivity contribution in [2.75, 3.05) is 6.61 Å². The molecule has 0 saturated carbocycles. The molecule has 0 aliphatic carbocycles. The third-order valence-corrected chi connectivity index (χ3v) is 5.38. The van der Waals surface area contributed by atoms with Gasteiger partial charge in [-0.15, -0.1) is 0 Å². The van der Waals surface area contributed by atoms with Crippen molar-refractivity contribution in [3.05, 3.63) is 52.9 Å². The summed E-state index contributed by atoms with van der Waals surface area (Å²) in [5.74, 6) is -1.13. The number of nitrogens with zero attached hydrogens (tertiary/aromatic N) is 2. The van der Waals surface area contributed by atoms with Crippen molar-refractivity contribution in [1.82, 2.24) is 20.4 Å². The van der Waals surface area contributed by atoms with E-state index in [-0.39, 0.29) is 11.6 Å². The number of aromatic nitrogens is 2. The van der Waals surface area contributed by atoms with Gasteiger partial charge < -0.3 is 14.8 Å². The van der Waals surface area contributed by atoms with Gasteiger partial charge in [0.15, 0.2) is 0 Å². The fourth-order valence-corrected chi connectivity index (χ4v) is 4.05. The lowest BCUT2D eigenvalue weighted by Crippen LogP contribution is -2.52. The van der Waals surface area contributed by atoms with Crippen LogP contribution in [0.15, 0.2) is 24.4 Å². The quantitative estimate of drug-likeness (QED) is 0.796. The van der Waals surface area contributed by atoms with Crippen LogP contribution in [-0.4, -0.2) is 45.5 Å². The van der Waals surface area contributed by atoms with Crippen molar-refractivity contribution < 1.29 is 23.0 Å². The minimum Gasteiger partial charge on any atom is -0.444 e. The Balaban J connectivity index is 1.53. The number of aromatic amines is 1. The van der Waals surface area contributed by atoms with Crippen molar-refractivity contribution in [3.63, 3.8) is 0 Å². The van der Waals surface area contributed by atoms with Crippen LogP contribution in [0.4, 0.5) is 13.6 Å². The molecule has 2 N–H and O–H groups in total. The zero-order chi connectivity index (χ0) is 21.5. The molecule has 2 aliphatic rings. The maximum absolute atomic E-state index is 14.5. The molecule has 2 aromatic rings. The van der Waals surface area contributed by atoms with Gasteiger partial charge in [-0.2, -0.15) is 5.10 Å². The molecule has 1 aromatic heterocycles. The SMILES string of the molecule is CC(C)(C)OC(=O)NC1C[C@@H](N2Cc3cn[nH]c3C2)CO[C@@H]1c1cc(F)ccc1F. The number of fused-ring (bicyclic) bond motifs is 1. The lowest BCUT2D eigenvalue weighted by atomic mass is 9.92. The molecule has 162 valence electrons. The number of ether oxygens (including phenoxy) is 2. The largest absolute Gasteiger partial charge is 0.444 e. The summed E-state index contributed by atoms with van der Waals surface area (Å²) in [5, 5.41) is 9.86. The Kier molecular flexibility index (Phi) is 5.50. The summed E-state index contributed by atoms with van der Waals surface area (Å²) in [5.41, 5.74) is 1.60. The Bertz CT molecular complexity index is 907. The fourth-order valence-electron chi connectivity index (χ4n) is 4.05. The Hall–Kier alpha value is -2.52. The number of hydrogen-bond acceptors (Lipinski definition) is 5. The monoisotopic (exact) mass is 420 g/mol. The maximum atomic E-state index is 14.5. The number of carbonyl (C=O) groups is 1. The van der Waals surface area contributed by atoms with E-state index in [1.165, 1.54) is 0 Å². The molecule has 0 bridgehead atoms. The normalized spacial score (nSPS) is 24.5. The molecule has 1 amide bonds. The molecule has 30 heavy (non-hydrogen) atoms. The summed E-state index contributed by atoms with van der Waals surface area (Å²) in [6.07, 6.45) is 0.888. The maximum Gasteiger partial charge on any atom is 0.407 e. The van der Waals surface area contributed by atoms with Gasteiger partial charge in [-0.05, 0) is 45.4 Å². The van der Waals surface area contributed by atoms with Crippen molar-refractivity contribution in [3.8, 4) is 0 Å². The second kappa shape index (κ2) is 7.96. The Labute approximate surface area is 173 Å². The van der Waals surface area contributed by atoms with Gasteiger partial charge in [0.25, 0.3) is 0 Å². The minimum absolute atomic E-state index is 0.00129. The number of carbonyl (C=O) groups excluding carboxylic acids is 1. The highest BCUT2D eigenvalue weighted by atomic mass is 19.1. The van der Waals surface area contributed by atoms with E-state index in [1.54, 1.807) is 27.0 Å². The van der Waals surface area contributed by atoms with E-state index in [4.69, 9.17) is 9.47 Å². The standard InChI is InChI=1S/C21H26F2N4O3/c1-21(2,3)30-20(28)25-17-7-14(27-9-12-8-24-26-18(12)10-27)11-29-19(17)15-6-13(22)4-5-16(15)23/h4-6,8,14,17,19H,7,9-11H2,1-3H3,(H,24,26)(H,25,28)/t14-,17?,19-/m1/s1. The molecule has 3 heterocycles. The average Bonchev–Trinajstić information content (AvgIpc) is 3.24. The van der Waals surface area contributed by atoms with Crippen LogP contribution in [0.25, 0.3) is 0 Å². The van der Waals surface area contributed by atoms with Gasteiger partial charge in [-0.1, -0.05) is 0 Å². The third-order valence-electron chi connectivity index (χ3n) is 5.38. The first-order valence-electron chi connectivity index (χ1n) is 10.0. The van der Waals surface area contributed by atoms with Crippen LogP contribution < -0.4 is 5.32 Å². The van der Waals surface area contributed by atoms with E-state index < -0.39 is 35.5 Å². The molecular weight excluding hydrogens is 394 g/mol. The number of nitrogens with one attached hydrogen (secondary N) is 2. The number of amides is 1. The summed E-state index contributed by atoms with van der Waals surface area (Å²) in [7, 11) is 0. The van der Waals surface area contributed by atoms with Crippen molar-refractivity contribution in [2.45, 2.75) is 64.1 Å². The van der Waals surface area contributed by atoms with E-state index in [0.717, 1.165) is 36.0 Å². The number of rotatable bonds is 3. The van der Waals surface area contributed by atoms with Crippen LogP contribution in [0.5, 0.6) is 0 Å². The molecule has 1 saturated heterocycles. The summed E-state index contributed by atoms with van der Waals surface area (Å²) in [6, 6.07) is 2.68. The fraction of sp³-hybridized carbons (Fsp3) is 0.524. The molecule has 1 unspecified atom stereocenters. The van der Waals surface area contributed by atoms with Gasteiger partial charge >= 0.3 is 6.09 Å². The van der Waals surface area contributed by atoms with E-state index in [1.807, 2.05) is 0 Å². The number of H-pyrrole nitrogens is 1. The highest BCUT2D eigenvalue weighted by Crippen LogP contribution is 2.35. The number of hydrogen-bond donors (Lipinski definition) is 2. The Morgan fingerprint density at radius 3 is 2.87 bits per heavy atom. The van der Waals surface area contributed by atoms with Crippen molar-refractivity contribution in [2.24, 2.45) is 0 Å². The highest BCUT2D eigenvalue weighted by Gasteiger charge is 2.39. The van der Waals surface area contributed by atoms with Crippen LogP contribution in [0.2, 0.25) is 0 Å². The van der Waals surface area contributed by atoms with E-state index in [0.29, 0.717) is 19.6 Å². The number of alkyl carbamates (subject to hydrolysis) is 1. The van der Waals surface area contributed by atoms with Gasteiger partial charge in [0.1, 0.15) is 23.3 Å².